The Kier molecular flexibility index (Phi) is 7.07. The highest BCUT2D eigenvalue weighted by molar-refractivity contribution is 7.26. The average Bonchev–Trinajstić information content (AvgIpc) is 3.55. The fourth-order valence-electron chi connectivity index (χ4n) is 6.87. The predicted molar refractivity (Wildman–Crippen MR) is 208 cm³/mol. The first kappa shape index (κ1) is 28.3. The second kappa shape index (κ2) is 12.0. The van der Waals surface area contributed by atoms with Crippen LogP contribution in [-0.4, -0.2) is 0 Å². The Labute approximate surface area is 284 Å². The highest BCUT2D eigenvalue weighted by Gasteiger charge is 2.20. The zero-order valence-electron chi connectivity index (χ0n) is 26.3. The predicted octanol–water partition coefficient (Wildman–Crippen LogP) is 13.7. The Morgan fingerprint density at radius 3 is 1.29 bits per heavy atom. The van der Waals surface area contributed by atoms with E-state index in [4.69, 9.17) is 0 Å². The monoisotopic (exact) mass is 629 g/mol. The molecule has 0 unspecified atom stereocenters. The molecule has 0 aliphatic rings. The van der Waals surface area contributed by atoms with Crippen LogP contribution >= 0.6 is 11.3 Å². The molecule has 0 atom stereocenters. The van der Waals surface area contributed by atoms with E-state index in [2.05, 4.69) is 193 Å². The van der Waals surface area contributed by atoms with Crippen LogP contribution in [0.4, 0.5) is 17.1 Å². The molecule has 0 amide bonds. The van der Waals surface area contributed by atoms with Gasteiger partial charge in [-0.3, -0.25) is 0 Å². The van der Waals surface area contributed by atoms with Crippen molar-refractivity contribution in [1.82, 2.24) is 0 Å². The molecule has 226 valence electrons. The van der Waals surface area contributed by atoms with Gasteiger partial charge in [-0.05, 0) is 75.8 Å². The van der Waals surface area contributed by atoms with Crippen molar-refractivity contribution >= 4 is 59.3 Å². The van der Waals surface area contributed by atoms with Crippen LogP contribution in [0.25, 0.3) is 64.3 Å². The Morgan fingerprint density at radius 1 is 0.312 bits per heavy atom. The maximum absolute atomic E-state index is 2.43. The first-order valence-corrected chi connectivity index (χ1v) is 17.2. The Morgan fingerprint density at radius 2 is 0.750 bits per heavy atom. The van der Waals surface area contributed by atoms with E-state index < -0.39 is 0 Å². The maximum Gasteiger partial charge on any atom is 0.0547 e. The van der Waals surface area contributed by atoms with Gasteiger partial charge in [-0.2, -0.15) is 0 Å². The number of fused-ring (bicyclic) bond motifs is 5. The largest absolute Gasteiger partial charge is 0.310 e. The molecule has 0 aliphatic carbocycles. The van der Waals surface area contributed by atoms with Crippen LogP contribution in [0, 0.1) is 0 Å². The fraction of sp³-hybridized carbons (Fsp3) is 0. The van der Waals surface area contributed by atoms with E-state index in [1.165, 1.54) is 70.0 Å². The number of rotatable bonds is 6. The van der Waals surface area contributed by atoms with Gasteiger partial charge in [0, 0.05) is 42.3 Å². The zero-order chi connectivity index (χ0) is 31.9. The van der Waals surface area contributed by atoms with E-state index in [9.17, 15) is 0 Å². The van der Waals surface area contributed by atoms with E-state index in [0.717, 1.165) is 11.4 Å². The van der Waals surface area contributed by atoms with E-state index in [-0.39, 0.29) is 0 Å². The molecule has 1 aromatic heterocycles. The lowest BCUT2D eigenvalue weighted by Gasteiger charge is -2.27. The van der Waals surface area contributed by atoms with Crippen molar-refractivity contribution in [2.45, 2.75) is 0 Å². The summed E-state index contributed by atoms with van der Waals surface area (Å²) in [5, 5.41) is 5.09. The van der Waals surface area contributed by atoms with Crippen LogP contribution in [0.15, 0.2) is 188 Å². The topological polar surface area (TPSA) is 3.24 Å². The summed E-state index contributed by atoms with van der Waals surface area (Å²) >= 11 is 1.89. The standard InChI is InChI=1S/C46H31NS/c1-4-12-32(13-5-1)35-20-25-38(26-21-35)47(39-27-22-36(23-28-39)33-14-6-2-7-15-33)44-31-43-42-30-37(34-16-8-3-9-17-34)24-29-45(42)48-46(43)41-19-11-10-18-40(41)44/h1-31H. The third-order valence-corrected chi connectivity index (χ3v) is 10.5. The van der Waals surface area contributed by atoms with E-state index in [1.54, 1.807) is 0 Å². The van der Waals surface area contributed by atoms with Gasteiger partial charge in [-0.25, -0.2) is 0 Å². The Balaban J connectivity index is 1.27. The third kappa shape index (κ3) is 5.04. The molecule has 1 heterocycles. The van der Waals surface area contributed by atoms with Crippen LogP contribution in [-0.2, 0) is 0 Å². The van der Waals surface area contributed by atoms with Gasteiger partial charge in [0.1, 0.15) is 0 Å². The molecule has 0 saturated heterocycles. The van der Waals surface area contributed by atoms with Gasteiger partial charge >= 0.3 is 0 Å². The van der Waals surface area contributed by atoms with E-state index in [1.807, 2.05) is 11.3 Å². The Hall–Kier alpha value is -5.96. The molecule has 2 heteroatoms. The van der Waals surface area contributed by atoms with Crippen LogP contribution in [0.2, 0.25) is 0 Å². The van der Waals surface area contributed by atoms with E-state index >= 15 is 0 Å². The van der Waals surface area contributed by atoms with Crippen molar-refractivity contribution in [2.75, 3.05) is 4.90 Å². The molecule has 8 aromatic carbocycles. The lowest BCUT2D eigenvalue weighted by atomic mass is 9.99. The van der Waals surface area contributed by atoms with Crippen molar-refractivity contribution in [2.24, 2.45) is 0 Å². The summed E-state index contributed by atoms with van der Waals surface area (Å²) in [5.74, 6) is 0. The van der Waals surface area contributed by atoms with Crippen LogP contribution in [0.1, 0.15) is 0 Å². The quantitative estimate of drug-likeness (QED) is 0.177. The summed E-state index contributed by atoms with van der Waals surface area (Å²) in [4.78, 5) is 2.43. The van der Waals surface area contributed by atoms with Gasteiger partial charge in [0.2, 0.25) is 0 Å². The molecule has 9 rings (SSSR count). The van der Waals surface area contributed by atoms with Gasteiger partial charge in [0.15, 0.2) is 0 Å². The second-order valence-corrected chi connectivity index (χ2v) is 13.2. The Bertz CT molecular complexity index is 2430. The first-order chi connectivity index (χ1) is 23.8. The van der Waals surface area contributed by atoms with Gasteiger partial charge in [-0.1, -0.05) is 146 Å². The van der Waals surface area contributed by atoms with Gasteiger partial charge in [0.05, 0.1) is 5.69 Å². The summed E-state index contributed by atoms with van der Waals surface area (Å²) in [6, 6.07) is 68.1. The molecule has 0 N–H and O–H groups in total. The van der Waals surface area contributed by atoms with E-state index in [0.29, 0.717) is 0 Å². The number of hydrogen-bond donors (Lipinski definition) is 0. The number of thiophene rings is 1. The van der Waals surface area contributed by atoms with Crippen LogP contribution in [0.3, 0.4) is 0 Å². The molecule has 0 aliphatic heterocycles. The molecule has 1 nitrogen and oxygen atoms in total. The smallest absolute Gasteiger partial charge is 0.0547 e. The highest BCUT2D eigenvalue weighted by Crippen LogP contribution is 2.47. The molecule has 48 heavy (non-hydrogen) atoms. The highest BCUT2D eigenvalue weighted by atomic mass is 32.1. The second-order valence-electron chi connectivity index (χ2n) is 12.2. The molecule has 9 aromatic rings. The molecule has 0 spiro atoms. The molecule has 0 fully saturated rings. The molecule has 0 bridgehead atoms. The summed E-state index contributed by atoms with van der Waals surface area (Å²) < 4.78 is 2.63. The first-order valence-electron chi connectivity index (χ1n) is 16.3. The summed E-state index contributed by atoms with van der Waals surface area (Å²) in [5.41, 5.74) is 10.7. The number of benzene rings is 8. The lowest BCUT2D eigenvalue weighted by Crippen LogP contribution is -2.10. The molecule has 0 radical (unpaired) electrons. The van der Waals surface area contributed by atoms with Crippen molar-refractivity contribution < 1.29 is 0 Å². The lowest BCUT2D eigenvalue weighted by molar-refractivity contribution is 1.30. The zero-order valence-corrected chi connectivity index (χ0v) is 27.1. The number of anilines is 3. The molecular weight excluding hydrogens is 599 g/mol. The minimum Gasteiger partial charge on any atom is -0.310 e. The van der Waals surface area contributed by atoms with Crippen molar-refractivity contribution in [3.63, 3.8) is 0 Å². The average molecular weight is 630 g/mol. The molecule has 0 saturated carbocycles. The summed E-state index contributed by atoms with van der Waals surface area (Å²) in [6.45, 7) is 0. The van der Waals surface area contributed by atoms with Crippen LogP contribution < -0.4 is 4.90 Å². The SMILES string of the molecule is c1ccc(-c2ccc(N(c3ccc(-c4ccccc4)cc3)c3cc4c5cc(-c6ccccc6)ccc5sc4c4ccccc34)cc2)cc1. The maximum atomic E-state index is 2.43. The summed E-state index contributed by atoms with van der Waals surface area (Å²) in [6.07, 6.45) is 0. The minimum atomic E-state index is 1.12. The van der Waals surface area contributed by atoms with Crippen molar-refractivity contribution in [3.8, 4) is 33.4 Å². The number of hydrogen-bond acceptors (Lipinski definition) is 2. The molecular formula is C46H31NS. The van der Waals surface area contributed by atoms with Crippen LogP contribution in [0.5, 0.6) is 0 Å². The van der Waals surface area contributed by atoms with Crippen molar-refractivity contribution in [3.05, 3.63) is 188 Å². The van der Waals surface area contributed by atoms with Gasteiger partial charge in [0.25, 0.3) is 0 Å². The summed E-state index contributed by atoms with van der Waals surface area (Å²) in [7, 11) is 0. The normalized spacial score (nSPS) is 11.3. The minimum absolute atomic E-state index is 1.12. The fourth-order valence-corrected chi connectivity index (χ4v) is 8.07. The third-order valence-electron chi connectivity index (χ3n) is 9.27. The van der Waals surface area contributed by atoms with Gasteiger partial charge in [-0.15, -0.1) is 11.3 Å². The number of nitrogens with zero attached hydrogens (tertiary/aromatic N) is 1. The van der Waals surface area contributed by atoms with Crippen molar-refractivity contribution in [1.29, 1.82) is 0 Å². The van der Waals surface area contributed by atoms with Gasteiger partial charge < -0.3 is 4.90 Å².